The van der Waals surface area contributed by atoms with Crippen molar-refractivity contribution in [3.8, 4) is 5.69 Å². The molecule has 2 rings (SSSR count). The van der Waals surface area contributed by atoms with Crippen LogP contribution in [0.4, 0.5) is 0 Å². The smallest absolute Gasteiger partial charge is 0.148 e. The van der Waals surface area contributed by atoms with Gasteiger partial charge < -0.3 is 5.73 Å². The molecule has 0 spiro atoms. The van der Waals surface area contributed by atoms with Crippen LogP contribution in [0.1, 0.15) is 28.6 Å². The number of nitrogens with two attached hydrogens (primary N) is 1. The third-order valence-corrected chi connectivity index (χ3v) is 2.68. The molecule has 2 aromatic heterocycles. The number of hydrogen-bond acceptors (Lipinski definition) is 4. The Morgan fingerprint density at radius 2 is 1.89 bits per heavy atom. The van der Waals surface area contributed by atoms with Crippen LogP contribution in [-0.4, -0.2) is 25.6 Å². The fraction of sp³-hybridized carbons (Fsp3) is 0.333. The van der Waals surface area contributed by atoms with E-state index in [2.05, 4.69) is 15.1 Å². The lowest BCUT2D eigenvalue weighted by Gasteiger charge is -2.12. The Morgan fingerprint density at radius 1 is 1.22 bits per heavy atom. The molecule has 0 saturated heterocycles. The third-order valence-electron chi connectivity index (χ3n) is 2.68. The van der Waals surface area contributed by atoms with E-state index in [4.69, 9.17) is 11.1 Å². The summed E-state index contributed by atoms with van der Waals surface area (Å²) in [7, 11) is 0. The number of nitrogens with zero attached hydrogens (tertiary/aromatic N) is 4. The van der Waals surface area contributed by atoms with Gasteiger partial charge in [0.25, 0.3) is 0 Å². The molecule has 0 aliphatic rings. The van der Waals surface area contributed by atoms with Crippen molar-refractivity contribution < 1.29 is 0 Å². The first-order valence-electron chi connectivity index (χ1n) is 5.63. The van der Waals surface area contributed by atoms with Crippen molar-refractivity contribution in [1.29, 1.82) is 5.41 Å². The molecule has 0 bridgehead atoms. The number of amidine groups is 1. The standard InChI is InChI=1S/C12H16N6/c1-6-5-10(11(12(13)14)7(2)15-6)18-9(4)16-8(3)17-18/h5H,1-4H3,(H3,13,14). The molecule has 0 aliphatic carbocycles. The predicted molar refractivity (Wildman–Crippen MR) is 69.1 cm³/mol. The zero-order valence-corrected chi connectivity index (χ0v) is 10.9. The van der Waals surface area contributed by atoms with Gasteiger partial charge in [-0.05, 0) is 33.8 Å². The van der Waals surface area contributed by atoms with E-state index >= 15 is 0 Å². The molecule has 3 N–H and O–H groups in total. The molecule has 0 amide bonds. The summed E-state index contributed by atoms with van der Waals surface area (Å²) in [5.41, 5.74) is 8.59. The van der Waals surface area contributed by atoms with Crippen LogP contribution in [0.5, 0.6) is 0 Å². The fourth-order valence-corrected chi connectivity index (χ4v) is 2.06. The van der Waals surface area contributed by atoms with Gasteiger partial charge in [0.2, 0.25) is 0 Å². The van der Waals surface area contributed by atoms with E-state index in [9.17, 15) is 0 Å². The molecule has 2 aromatic rings. The lowest BCUT2D eigenvalue weighted by molar-refractivity contribution is 0.822. The minimum atomic E-state index is -0.0115. The minimum absolute atomic E-state index is 0.0115. The van der Waals surface area contributed by atoms with Gasteiger partial charge in [-0.25, -0.2) is 9.67 Å². The van der Waals surface area contributed by atoms with Gasteiger partial charge in [-0.15, -0.1) is 0 Å². The van der Waals surface area contributed by atoms with Gasteiger partial charge in [0.1, 0.15) is 17.5 Å². The van der Waals surface area contributed by atoms with Gasteiger partial charge in [-0.1, -0.05) is 0 Å². The van der Waals surface area contributed by atoms with E-state index in [1.165, 1.54) is 0 Å². The zero-order valence-electron chi connectivity index (χ0n) is 10.9. The molecule has 0 aliphatic heterocycles. The Balaban J connectivity index is 2.77. The summed E-state index contributed by atoms with van der Waals surface area (Å²) in [4.78, 5) is 8.60. The number of rotatable bonds is 2. The van der Waals surface area contributed by atoms with Gasteiger partial charge in [-0.2, -0.15) is 5.10 Å². The minimum Gasteiger partial charge on any atom is -0.384 e. The second-order valence-corrected chi connectivity index (χ2v) is 4.27. The van der Waals surface area contributed by atoms with Gasteiger partial charge in [0.15, 0.2) is 0 Å². The van der Waals surface area contributed by atoms with Gasteiger partial charge in [0, 0.05) is 5.69 Å². The predicted octanol–water partition coefficient (Wildman–Crippen LogP) is 1.18. The SMILES string of the molecule is Cc1cc(-n2nc(C)nc2C)c(C(=N)N)c(C)n1. The van der Waals surface area contributed by atoms with E-state index in [-0.39, 0.29) is 5.84 Å². The summed E-state index contributed by atoms with van der Waals surface area (Å²) in [6.45, 7) is 7.44. The van der Waals surface area contributed by atoms with Crippen LogP contribution in [0.2, 0.25) is 0 Å². The molecule has 0 atom stereocenters. The Hall–Kier alpha value is -2.24. The summed E-state index contributed by atoms with van der Waals surface area (Å²) in [6.07, 6.45) is 0. The first-order chi connectivity index (χ1) is 8.40. The first-order valence-corrected chi connectivity index (χ1v) is 5.63. The van der Waals surface area contributed by atoms with E-state index < -0.39 is 0 Å². The normalized spacial score (nSPS) is 10.7. The van der Waals surface area contributed by atoms with Gasteiger partial charge in [-0.3, -0.25) is 10.4 Å². The highest BCUT2D eigenvalue weighted by molar-refractivity contribution is 5.99. The maximum Gasteiger partial charge on any atom is 0.148 e. The number of pyridine rings is 1. The highest BCUT2D eigenvalue weighted by Gasteiger charge is 2.15. The first kappa shape index (κ1) is 12.2. The van der Waals surface area contributed by atoms with Gasteiger partial charge >= 0.3 is 0 Å². The zero-order chi connectivity index (χ0) is 13.4. The maximum atomic E-state index is 7.69. The van der Waals surface area contributed by atoms with Crippen LogP contribution in [0, 0.1) is 33.1 Å². The molecule has 0 saturated carbocycles. The molecule has 18 heavy (non-hydrogen) atoms. The van der Waals surface area contributed by atoms with Crippen molar-refractivity contribution >= 4 is 5.84 Å². The lowest BCUT2D eigenvalue weighted by atomic mass is 10.1. The van der Waals surface area contributed by atoms with E-state index in [0.717, 1.165) is 22.9 Å². The molecular formula is C12H16N6. The highest BCUT2D eigenvalue weighted by Crippen LogP contribution is 2.19. The summed E-state index contributed by atoms with van der Waals surface area (Å²) in [5.74, 6) is 1.44. The number of nitrogen functional groups attached to an aromatic ring is 1. The van der Waals surface area contributed by atoms with Crippen molar-refractivity contribution in [3.63, 3.8) is 0 Å². The second-order valence-electron chi connectivity index (χ2n) is 4.27. The molecular weight excluding hydrogens is 228 g/mol. The molecule has 0 unspecified atom stereocenters. The number of aryl methyl sites for hydroxylation is 4. The van der Waals surface area contributed by atoms with E-state index in [1.807, 2.05) is 33.8 Å². The Morgan fingerprint density at radius 3 is 2.39 bits per heavy atom. The van der Waals surface area contributed by atoms with Crippen LogP contribution >= 0.6 is 0 Å². The lowest BCUT2D eigenvalue weighted by Crippen LogP contribution is -2.19. The Bertz CT molecular complexity index is 626. The highest BCUT2D eigenvalue weighted by atomic mass is 15.3. The van der Waals surface area contributed by atoms with Crippen molar-refractivity contribution in [2.75, 3.05) is 0 Å². The quantitative estimate of drug-likeness (QED) is 0.612. The van der Waals surface area contributed by atoms with Crippen molar-refractivity contribution in [1.82, 2.24) is 19.7 Å². The summed E-state index contributed by atoms with van der Waals surface area (Å²) >= 11 is 0. The second kappa shape index (κ2) is 4.21. The summed E-state index contributed by atoms with van der Waals surface area (Å²) in [6, 6.07) is 1.87. The Labute approximate surface area is 105 Å². The van der Waals surface area contributed by atoms with E-state index in [0.29, 0.717) is 11.4 Å². The largest absolute Gasteiger partial charge is 0.384 e. The van der Waals surface area contributed by atoms with E-state index in [1.54, 1.807) is 4.68 Å². The number of nitrogens with one attached hydrogen (secondary N) is 1. The molecule has 6 nitrogen and oxygen atoms in total. The topological polar surface area (TPSA) is 93.5 Å². The molecule has 0 radical (unpaired) electrons. The molecule has 94 valence electrons. The summed E-state index contributed by atoms with van der Waals surface area (Å²) < 4.78 is 1.70. The average Bonchev–Trinajstić information content (AvgIpc) is 2.55. The molecule has 0 fully saturated rings. The third kappa shape index (κ3) is 1.97. The van der Waals surface area contributed by atoms with Crippen LogP contribution in [0.25, 0.3) is 5.69 Å². The monoisotopic (exact) mass is 244 g/mol. The van der Waals surface area contributed by atoms with Crippen molar-refractivity contribution in [2.24, 2.45) is 5.73 Å². The van der Waals surface area contributed by atoms with Crippen LogP contribution in [0.15, 0.2) is 6.07 Å². The average molecular weight is 244 g/mol. The number of aromatic nitrogens is 4. The fourth-order valence-electron chi connectivity index (χ4n) is 2.06. The van der Waals surface area contributed by atoms with Crippen molar-refractivity contribution in [2.45, 2.75) is 27.7 Å². The van der Waals surface area contributed by atoms with Crippen LogP contribution in [-0.2, 0) is 0 Å². The number of hydrogen-bond donors (Lipinski definition) is 2. The summed E-state index contributed by atoms with van der Waals surface area (Å²) in [5, 5.41) is 12.0. The molecule has 0 aromatic carbocycles. The molecule has 2 heterocycles. The van der Waals surface area contributed by atoms with Crippen molar-refractivity contribution in [3.05, 3.63) is 34.7 Å². The van der Waals surface area contributed by atoms with Crippen LogP contribution < -0.4 is 5.73 Å². The van der Waals surface area contributed by atoms with Gasteiger partial charge in [0.05, 0.1) is 16.9 Å². The Kier molecular flexibility index (Phi) is 2.86. The maximum absolute atomic E-state index is 7.69. The van der Waals surface area contributed by atoms with Crippen LogP contribution in [0.3, 0.4) is 0 Å². The molecule has 6 heteroatoms.